The fraction of sp³-hybridized carbons (Fsp3) is 0.156. The van der Waals surface area contributed by atoms with Gasteiger partial charge in [-0.2, -0.15) is 5.26 Å². The molecule has 4 aromatic carbocycles. The Bertz CT molecular complexity index is 1830. The number of anilines is 1. The van der Waals surface area contributed by atoms with Gasteiger partial charge >= 0.3 is 0 Å². The van der Waals surface area contributed by atoms with E-state index in [1.54, 1.807) is 85.8 Å². The number of para-hydroxylation sites is 1. The summed E-state index contributed by atoms with van der Waals surface area (Å²) < 4.78 is 57.7. The molecule has 0 saturated heterocycles. The molecule has 6 nitrogen and oxygen atoms in total. The summed E-state index contributed by atoms with van der Waals surface area (Å²) >= 11 is 0. The van der Waals surface area contributed by atoms with E-state index in [-0.39, 0.29) is 9.79 Å². The molecule has 5 rings (SSSR count). The molecule has 0 amide bonds. The first kappa shape index (κ1) is 27.4. The summed E-state index contributed by atoms with van der Waals surface area (Å²) in [5, 5.41) is 11.1. The van der Waals surface area contributed by atoms with E-state index in [1.807, 2.05) is 6.92 Å². The van der Waals surface area contributed by atoms with Gasteiger partial charge in [0.05, 0.1) is 21.5 Å². The predicted molar refractivity (Wildman–Crippen MR) is 156 cm³/mol. The molecule has 0 spiro atoms. The van der Waals surface area contributed by atoms with Gasteiger partial charge in [-0.1, -0.05) is 90.5 Å². The summed E-state index contributed by atoms with van der Waals surface area (Å²) in [6.45, 7) is 7.60. The van der Waals surface area contributed by atoms with Gasteiger partial charge in [-0.25, -0.2) is 16.8 Å². The van der Waals surface area contributed by atoms with Crippen LogP contribution in [0, 0.1) is 25.2 Å². The molecule has 3 unspecified atom stereocenters. The van der Waals surface area contributed by atoms with Gasteiger partial charge in [0.15, 0.2) is 4.75 Å². The standard InChI is InChI=1S/C32H28N2O4S2/c1-4-29-28-17-11-12-24(3)30(28)34(40(37,38)27-20-18-23(2)19-21-27)31(25-13-7-5-8-14-25)32(29,22-33)39(35,36)26-15-9-6-10-16-26/h4-21,29,31H,1H2,2-3H3. The highest BCUT2D eigenvalue weighted by Gasteiger charge is 2.64. The average molecular weight is 569 g/mol. The second-order valence-corrected chi connectivity index (χ2v) is 13.8. The number of sulfone groups is 1. The molecule has 4 aromatic rings. The summed E-state index contributed by atoms with van der Waals surface area (Å²) in [5.41, 5.74) is 2.62. The number of aryl methyl sites for hydroxylation is 2. The van der Waals surface area contributed by atoms with Crippen LogP contribution in [0.25, 0.3) is 0 Å². The Kier molecular flexibility index (Phi) is 6.90. The molecule has 0 bridgehead atoms. The summed E-state index contributed by atoms with van der Waals surface area (Å²) in [5.74, 6) is -1.05. The van der Waals surface area contributed by atoms with E-state index in [2.05, 4.69) is 12.6 Å². The molecule has 0 fully saturated rings. The number of fused-ring (bicyclic) bond motifs is 1. The minimum Gasteiger partial charge on any atom is -0.256 e. The van der Waals surface area contributed by atoms with Gasteiger partial charge in [-0.3, -0.25) is 4.31 Å². The first-order valence-electron chi connectivity index (χ1n) is 12.7. The van der Waals surface area contributed by atoms with Crippen LogP contribution in [0.1, 0.15) is 34.2 Å². The molecule has 40 heavy (non-hydrogen) atoms. The first-order chi connectivity index (χ1) is 19.1. The lowest BCUT2D eigenvalue weighted by Crippen LogP contribution is -2.58. The van der Waals surface area contributed by atoms with E-state index in [4.69, 9.17) is 0 Å². The third kappa shape index (κ3) is 3.96. The number of rotatable bonds is 6. The van der Waals surface area contributed by atoms with Crippen molar-refractivity contribution in [2.75, 3.05) is 4.31 Å². The highest BCUT2D eigenvalue weighted by molar-refractivity contribution is 7.94. The maximum absolute atomic E-state index is 14.7. The Morgan fingerprint density at radius 1 is 0.800 bits per heavy atom. The van der Waals surface area contributed by atoms with Crippen molar-refractivity contribution in [2.24, 2.45) is 0 Å². The van der Waals surface area contributed by atoms with Crippen LogP contribution in [-0.4, -0.2) is 21.6 Å². The van der Waals surface area contributed by atoms with Crippen molar-refractivity contribution in [1.29, 1.82) is 5.26 Å². The van der Waals surface area contributed by atoms with Crippen molar-refractivity contribution >= 4 is 25.5 Å². The smallest absolute Gasteiger partial charge is 0.256 e. The van der Waals surface area contributed by atoms with Crippen molar-refractivity contribution < 1.29 is 16.8 Å². The van der Waals surface area contributed by atoms with Crippen LogP contribution in [0.5, 0.6) is 0 Å². The summed E-state index contributed by atoms with van der Waals surface area (Å²) in [4.78, 5) is -0.0812. The number of nitrogens with zero attached hydrogens (tertiary/aromatic N) is 2. The number of hydrogen-bond acceptors (Lipinski definition) is 5. The molecule has 1 heterocycles. The Hall–Kier alpha value is -4.19. The van der Waals surface area contributed by atoms with Gasteiger partial charge in [0.25, 0.3) is 10.0 Å². The lowest BCUT2D eigenvalue weighted by atomic mass is 9.74. The van der Waals surface area contributed by atoms with E-state index in [0.29, 0.717) is 22.4 Å². The fourth-order valence-electron chi connectivity index (χ4n) is 5.64. The molecular weight excluding hydrogens is 540 g/mol. The molecule has 0 N–H and O–H groups in total. The van der Waals surface area contributed by atoms with E-state index in [1.165, 1.54) is 30.3 Å². The second kappa shape index (κ2) is 10.1. The third-order valence-electron chi connectivity index (χ3n) is 7.53. The third-order valence-corrected chi connectivity index (χ3v) is 11.7. The monoisotopic (exact) mass is 568 g/mol. The van der Waals surface area contributed by atoms with Gasteiger partial charge in [-0.15, -0.1) is 6.58 Å². The van der Waals surface area contributed by atoms with E-state index >= 15 is 0 Å². The fourth-order valence-corrected chi connectivity index (χ4v) is 9.59. The molecule has 1 aliphatic heterocycles. The quantitative estimate of drug-likeness (QED) is 0.256. The van der Waals surface area contributed by atoms with E-state index < -0.39 is 36.6 Å². The van der Waals surface area contributed by atoms with Gasteiger partial charge in [0.1, 0.15) is 6.04 Å². The predicted octanol–water partition coefficient (Wildman–Crippen LogP) is 6.26. The molecule has 0 aliphatic carbocycles. The summed E-state index contributed by atoms with van der Waals surface area (Å²) in [6.07, 6.45) is 1.45. The van der Waals surface area contributed by atoms with Crippen molar-refractivity contribution in [3.05, 3.63) is 138 Å². The maximum Gasteiger partial charge on any atom is 0.264 e. The van der Waals surface area contributed by atoms with Gasteiger partial charge in [0, 0.05) is 5.92 Å². The number of nitriles is 1. The minimum atomic E-state index is -4.51. The molecule has 0 saturated carbocycles. The Morgan fingerprint density at radius 2 is 1.40 bits per heavy atom. The van der Waals surface area contributed by atoms with Crippen molar-refractivity contribution in [3.63, 3.8) is 0 Å². The molecule has 1 aliphatic rings. The van der Waals surface area contributed by atoms with Crippen LogP contribution in [0.4, 0.5) is 5.69 Å². The lowest BCUT2D eigenvalue weighted by Gasteiger charge is -2.50. The van der Waals surface area contributed by atoms with Gasteiger partial charge in [0.2, 0.25) is 9.84 Å². The highest BCUT2D eigenvalue weighted by Crippen LogP contribution is 2.58. The zero-order chi connectivity index (χ0) is 28.7. The zero-order valence-corrected chi connectivity index (χ0v) is 23.7. The minimum absolute atomic E-state index is 0.00534. The Balaban J connectivity index is 1.98. The molecule has 0 aromatic heterocycles. The number of sulfonamides is 1. The number of hydrogen-bond donors (Lipinski definition) is 0. The summed E-state index contributed by atoms with van der Waals surface area (Å²) in [7, 11) is -8.89. The SMILES string of the molecule is C=CC1c2cccc(C)c2N(S(=O)(=O)c2ccc(C)cc2)C(c2ccccc2)C1(C#N)S(=O)(=O)c1ccccc1. The summed E-state index contributed by atoms with van der Waals surface area (Å²) in [6, 6.07) is 28.5. The van der Waals surface area contributed by atoms with Gasteiger partial charge < -0.3 is 0 Å². The Labute approximate surface area is 235 Å². The van der Waals surface area contributed by atoms with Crippen LogP contribution in [0.2, 0.25) is 0 Å². The number of allylic oxidation sites excluding steroid dienone is 1. The normalized spacial score (nSPS) is 20.8. The van der Waals surface area contributed by atoms with Gasteiger partial charge in [-0.05, 0) is 54.8 Å². The van der Waals surface area contributed by atoms with E-state index in [9.17, 15) is 22.1 Å². The van der Waals surface area contributed by atoms with Crippen LogP contribution < -0.4 is 4.31 Å². The van der Waals surface area contributed by atoms with E-state index in [0.717, 1.165) is 9.87 Å². The number of benzene rings is 4. The molecule has 202 valence electrons. The van der Waals surface area contributed by atoms with Crippen molar-refractivity contribution in [3.8, 4) is 6.07 Å². The van der Waals surface area contributed by atoms with Crippen molar-refractivity contribution in [1.82, 2.24) is 0 Å². The van der Waals surface area contributed by atoms with Crippen LogP contribution in [-0.2, 0) is 19.9 Å². The average Bonchev–Trinajstić information content (AvgIpc) is 2.97. The lowest BCUT2D eigenvalue weighted by molar-refractivity contribution is 0.456. The zero-order valence-electron chi connectivity index (χ0n) is 22.1. The topological polar surface area (TPSA) is 95.3 Å². The van der Waals surface area contributed by atoms with Crippen LogP contribution in [0.15, 0.2) is 126 Å². The van der Waals surface area contributed by atoms with Crippen LogP contribution >= 0.6 is 0 Å². The maximum atomic E-state index is 14.7. The Morgan fingerprint density at radius 3 is 1.98 bits per heavy atom. The molecule has 3 atom stereocenters. The molecule has 8 heteroatoms. The molecular formula is C32H28N2O4S2. The van der Waals surface area contributed by atoms with Crippen molar-refractivity contribution in [2.45, 2.75) is 40.3 Å². The second-order valence-electron chi connectivity index (χ2n) is 9.87. The largest absolute Gasteiger partial charge is 0.264 e. The van der Waals surface area contributed by atoms with Crippen LogP contribution in [0.3, 0.4) is 0 Å². The molecule has 0 radical (unpaired) electrons. The first-order valence-corrected chi connectivity index (χ1v) is 15.6. The highest BCUT2D eigenvalue weighted by atomic mass is 32.2.